The molecule has 1 saturated carbocycles. The minimum atomic E-state index is -1.01. The fraction of sp³-hybridized carbons (Fsp3) is 0.846. The van der Waals surface area contributed by atoms with E-state index in [1.807, 2.05) is 13.8 Å². The first-order valence-electron chi connectivity index (χ1n) is 6.35. The van der Waals surface area contributed by atoms with Gasteiger partial charge in [-0.1, -0.05) is 20.8 Å². The Morgan fingerprint density at radius 1 is 1.17 bits per heavy atom. The van der Waals surface area contributed by atoms with E-state index < -0.39 is 23.5 Å². The van der Waals surface area contributed by atoms with E-state index in [1.54, 1.807) is 20.8 Å². The lowest BCUT2D eigenvalue weighted by Gasteiger charge is -2.31. The lowest BCUT2D eigenvalue weighted by Crippen LogP contribution is -2.56. The smallest absolute Gasteiger partial charge is 0.326 e. The second-order valence-corrected chi connectivity index (χ2v) is 6.73. The summed E-state index contributed by atoms with van der Waals surface area (Å²) in [7, 11) is 0. The number of hydrogen-bond acceptors (Lipinski definition) is 2. The van der Waals surface area contributed by atoms with Crippen molar-refractivity contribution in [1.29, 1.82) is 0 Å². The first-order valence-corrected chi connectivity index (χ1v) is 6.35. The van der Waals surface area contributed by atoms with Gasteiger partial charge in [0.05, 0.1) is 0 Å². The van der Waals surface area contributed by atoms with E-state index >= 15 is 0 Å². The van der Waals surface area contributed by atoms with Gasteiger partial charge in [0, 0.05) is 5.54 Å². The molecule has 0 aromatic carbocycles. The molecule has 0 saturated heterocycles. The maximum absolute atomic E-state index is 11.9. The highest BCUT2D eigenvalue weighted by Gasteiger charge is 2.40. The second-order valence-electron chi connectivity index (χ2n) is 6.73. The Labute approximate surface area is 108 Å². The summed E-state index contributed by atoms with van der Waals surface area (Å²) >= 11 is 0. The highest BCUT2D eigenvalue weighted by Crippen LogP contribution is 2.39. The Kier molecular flexibility index (Phi) is 3.93. The maximum Gasteiger partial charge on any atom is 0.326 e. The standard InChI is InChI=1S/C13H24N2O3/c1-12(2,3)9(10(16)17)14-11(18)15-13(4,5)8-6-7-8/h8-9H,6-7H2,1-5H3,(H,16,17)(H2,14,15,18)/t9-/m0/s1. The third kappa shape index (κ3) is 3.89. The largest absolute Gasteiger partial charge is 0.480 e. The molecule has 3 N–H and O–H groups in total. The minimum Gasteiger partial charge on any atom is -0.480 e. The monoisotopic (exact) mass is 256 g/mol. The summed E-state index contributed by atoms with van der Waals surface area (Å²) in [4.78, 5) is 23.0. The summed E-state index contributed by atoms with van der Waals surface area (Å²) in [5.74, 6) is -0.511. The van der Waals surface area contributed by atoms with Crippen molar-refractivity contribution in [1.82, 2.24) is 10.6 Å². The van der Waals surface area contributed by atoms with Crippen LogP contribution in [0.5, 0.6) is 0 Å². The highest BCUT2D eigenvalue weighted by molar-refractivity contribution is 5.83. The van der Waals surface area contributed by atoms with Crippen molar-refractivity contribution in [3.8, 4) is 0 Å². The van der Waals surface area contributed by atoms with Crippen LogP contribution in [0.4, 0.5) is 4.79 Å². The van der Waals surface area contributed by atoms with Crippen LogP contribution in [0.2, 0.25) is 0 Å². The molecule has 1 atom stereocenters. The van der Waals surface area contributed by atoms with E-state index in [9.17, 15) is 9.59 Å². The van der Waals surface area contributed by atoms with Crippen LogP contribution in [0.25, 0.3) is 0 Å². The molecule has 0 bridgehead atoms. The van der Waals surface area contributed by atoms with Crippen molar-refractivity contribution in [3.05, 3.63) is 0 Å². The third-order valence-electron chi connectivity index (χ3n) is 3.42. The van der Waals surface area contributed by atoms with Crippen LogP contribution >= 0.6 is 0 Å². The molecule has 5 nitrogen and oxygen atoms in total. The number of carbonyl (C=O) groups excluding carboxylic acids is 1. The normalized spacial score (nSPS) is 18.1. The van der Waals surface area contributed by atoms with Gasteiger partial charge in [0.2, 0.25) is 0 Å². The van der Waals surface area contributed by atoms with Crippen molar-refractivity contribution >= 4 is 12.0 Å². The first-order chi connectivity index (χ1) is 8.04. The molecule has 1 fully saturated rings. The number of carboxylic acid groups (broad SMARTS) is 1. The number of amides is 2. The summed E-state index contributed by atoms with van der Waals surface area (Å²) in [6.07, 6.45) is 2.24. The number of carboxylic acids is 1. The highest BCUT2D eigenvalue weighted by atomic mass is 16.4. The van der Waals surface area contributed by atoms with Crippen molar-refractivity contribution in [2.45, 2.75) is 59.0 Å². The predicted octanol–water partition coefficient (Wildman–Crippen LogP) is 1.97. The van der Waals surface area contributed by atoms with Gasteiger partial charge in [0.15, 0.2) is 0 Å². The van der Waals surface area contributed by atoms with E-state index in [4.69, 9.17) is 5.11 Å². The molecule has 0 aromatic rings. The molecule has 5 heteroatoms. The van der Waals surface area contributed by atoms with Crippen LogP contribution in [-0.4, -0.2) is 28.7 Å². The predicted molar refractivity (Wildman–Crippen MR) is 69.3 cm³/mol. The molecule has 0 radical (unpaired) electrons. The van der Waals surface area contributed by atoms with E-state index in [2.05, 4.69) is 10.6 Å². The van der Waals surface area contributed by atoms with Gasteiger partial charge in [0.1, 0.15) is 6.04 Å². The summed E-state index contributed by atoms with van der Waals surface area (Å²) in [5.41, 5.74) is -0.794. The maximum atomic E-state index is 11.9. The average Bonchev–Trinajstić information content (AvgIpc) is 2.93. The second kappa shape index (κ2) is 4.78. The lowest BCUT2D eigenvalue weighted by atomic mass is 9.87. The van der Waals surface area contributed by atoms with Crippen molar-refractivity contribution < 1.29 is 14.7 Å². The van der Waals surface area contributed by atoms with Gasteiger partial charge in [-0.2, -0.15) is 0 Å². The van der Waals surface area contributed by atoms with Gasteiger partial charge >= 0.3 is 12.0 Å². The first kappa shape index (κ1) is 14.8. The summed E-state index contributed by atoms with van der Waals surface area (Å²) in [5, 5.41) is 14.5. The fourth-order valence-corrected chi connectivity index (χ4v) is 2.02. The summed E-state index contributed by atoms with van der Waals surface area (Å²) < 4.78 is 0. The van der Waals surface area contributed by atoms with Gasteiger partial charge in [-0.3, -0.25) is 0 Å². The lowest BCUT2D eigenvalue weighted by molar-refractivity contribution is -0.141. The minimum absolute atomic E-state index is 0.273. The molecule has 104 valence electrons. The van der Waals surface area contributed by atoms with Crippen molar-refractivity contribution in [3.63, 3.8) is 0 Å². The van der Waals surface area contributed by atoms with E-state index in [1.165, 1.54) is 0 Å². The molecule has 0 spiro atoms. The third-order valence-corrected chi connectivity index (χ3v) is 3.42. The SMILES string of the molecule is CC(C)(NC(=O)N[C@@H](C(=O)O)C(C)(C)C)C1CC1. The van der Waals surface area contributed by atoms with Gasteiger partial charge in [-0.05, 0) is 38.0 Å². The molecule has 1 aliphatic rings. The Morgan fingerprint density at radius 2 is 1.67 bits per heavy atom. The zero-order valence-electron chi connectivity index (χ0n) is 11.8. The number of nitrogens with one attached hydrogen (secondary N) is 2. The molecule has 0 aromatic heterocycles. The van der Waals surface area contributed by atoms with Gasteiger partial charge in [-0.15, -0.1) is 0 Å². The van der Waals surface area contributed by atoms with Gasteiger partial charge in [-0.25, -0.2) is 9.59 Å². The topological polar surface area (TPSA) is 78.4 Å². The van der Waals surface area contributed by atoms with Crippen molar-refractivity contribution in [2.24, 2.45) is 11.3 Å². The zero-order valence-corrected chi connectivity index (χ0v) is 11.8. The number of rotatable bonds is 4. The van der Waals surface area contributed by atoms with Gasteiger partial charge < -0.3 is 15.7 Å². The van der Waals surface area contributed by atoms with Crippen LogP contribution < -0.4 is 10.6 Å². The molecule has 2 amide bonds. The molecule has 0 aliphatic heterocycles. The molecule has 0 unspecified atom stereocenters. The van der Waals surface area contributed by atoms with Gasteiger partial charge in [0.25, 0.3) is 0 Å². The number of urea groups is 1. The van der Waals surface area contributed by atoms with E-state index in [0.29, 0.717) is 5.92 Å². The molecule has 18 heavy (non-hydrogen) atoms. The molecule has 1 rings (SSSR count). The molecular formula is C13H24N2O3. The Morgan fingerprint density at radius 3 is 2.00 bits per heavy atom. The number of hydrogen-bond donors (Lipinski definition) is 3. The van der Waals surface area contributed by atoms with E-state index in [0.717, 1.165) is 12.8 Å². The molecule has 1 aliphatic carbocycles. The number of aliphatic carboxylic acids is 1. The Bertz CT molecular complexity index is 341. The molecular weight excluding hydrogens is 232 g/mol. The Hall–Kier alpha value is -1.26. The summed E-state index contributed by atoms with van der Waals surface area (Å²) in [6, 6.07) is -1.30. The van der Waals surface area contributed by atoms with Crippen molar-refractivity contribution in [2.75, 3.05) is 0 Å². The van der Waals surface area contributed by atoms with Crippen LogP contribution in [0, 0.1) is 11.3 Å². The number of carbonyl (C=O) groups is 2. The van der Waals surface area contributed by atoms with E-state index in [-0.39, 0.29) is 5.54 Å². The van der Waals surface area contributed by atoms with Crippen LogP contribution in [-0.2, 0) is 4.79 Å². The zero-order chi connectivity index (χ0) is 14.1. The summed E-state index contributed by atoms with van der Waals surface area (Å²) in [6.45, 7) is 9.31. The van der Waals surface area contributed by atoms with Crippen LogP contribution in [0.1, 0.15) is 47.5 Å². The van der Waals surface area contributed by atoms with Crippen LogP contribution in [0.15, 0.2) is 0 Å². The average molecular weight is 256 g/mol. The molecule has 0 heterocycles. The quantitative estimate of drug-likeness (QED) is 0.719. The Balaban J connectivity index is 2.59. The fourth-order valence-electron chi connectivity index (χ4n) is 2.02. The van der Waals surface area contributed by atoms with Crippen LogP contribution in [0.3, 0.4) is 0 Å².